The molecule has 2 aliphatic heterocycles. The summed E-state index contributed by atoms with van der Waals surface area (Å²) in [6.07, 6.45) is 0.616. The van der Waals surface area contributed by atoms with Crippen LogP contribution in [0.25, 0.3) is 0 Å². The number of carbonyl (C=O) groups is 3. The average Bonchev–Trinajstić information content (AvgIpc) is 3.63. The van der Waals surface area contributed by atoms with E-state index in [1.54, 1.807) is 0 Å². The molecule has 42 heavy (non-hydrogen) atoms. The molecule has 0 saturated carbocycles. The molecule has 5 rings (SSSR count). The molecule has 0 spiro atoms. The zero-order valence-electron chi connectivity index (χ0n) is 23.4. The van der Waals surface area contributed by atoms with Gasteiger partial charge in [0.05, 0.1) is 30.3 Å². The van der Waals surface area contributed by atoms with Gasteiger partial charge in [-0.25, -0.2) is 4.98 Å². The number of nitrogens with one attached hydrogen (secondary N) is 3. The lowest BCUT2D eigenvalue weighted by Gasteiger charge is -2.35. The second kappa shape index (κ2) is 13.2. The molecule has 222 valence electrons. The van der Waals surface area contributed by atoms with E-state index in [4.69, 9.17) is 4.74 Å². The van der Waals surface area contributed by atoms with Crippen molar-refractivity contribution in [2.75, 3.05) is 18.2 Å². The van der Waals surface area contributed by atoms with Gasteiger partial charge in [0.25, 0.3) is 5.91 Å². The minimum absolute atomic E-state index is 0.0194. The van der Waals surface area contributed by atoms with E-state index in [1.165, 1.54) is 23.0 Å². The summed E-state index contributed by atoms with van der Waals surface area (Å²) in [5.41, 5.74) is 1.74. The first-order valence-corrected chi connectivity index (χ1v) is 15.7. The summed E-state index contributed by atoms with van der Waals surface area (Å²) in [6.45, 7) is 4.31. The van der Waals surface area contributed by atoms with Crippen LogP contribution in [0.5, 0.6) is 5.75 Å². The third-order valence-electron chi connectivity index (χ3n) is 7.36. The van der Waals surface area contributed by atoms with Crippen molar-refractivity contribution < 1.29 is 24.2 Å². The molecule has 1 fully saturated rings. The molecule has 0 radical (unpaired) electrons. The van der Waals surface area contributed by atoms with Crippen molar-refractivity contribution in [3.63, 3.8) is 0 Å². The second-order valence-electron chi connectivity index (χ2n) is 10.7. The van der Waals surface area contributed by atoms with Crippen LogP contribution in [0.4, 0.5) is 0 Å². The molecule has 2 aromatic carbocycles. The van der Waals surface area contributed by atoms with Crippen molar-refractivity contribution in [2.45, 2.75) is 60.8 Å². The van der Waals surface area contributed by atoms with Crippen molar-refractivity contribution in [2.24, 2.45) is 0 Å². The molecule has 0 bridgehead atoms. The molecule has 11 nitrogen and oxygen atoms in total. The largest absolute Gasteiger partial charge is 0.493 e. The van der Waals surface area contributed by atoms with Gasteiger partial charge < -0.3 is 25.4 Å². The fourth-order valence-corrected chi connectivity index (χ4v) is 6.98. The van der Waals surface area contributed by atoms with E-state index in [2.05, 4.69) is 25.8 Å². The predicted octanol–water partition coefficient (Wildman–Crippen LogP) is 2.31. The number of aromatic nitrogens is 3. The van der Waals surface area contributed by atoms with Gasteiger partial charge in [-0.2, -0.15) is 5.10 Å². The van der Waals surface area contributed by atoms with Crippen molar-refractivity contribution in [1.29, 1.82) is 0 Å². The van der Waals surface area contributed by atoms with Gasteiger partial charge in [-0.05, 0) is 31.9 Å². The summed E-state index contributed by atoms with van der Waals surface area (Å²) in [4.78, 5) is 46.0. The molecule has 1 aromatic heterocycles. The molecular weight excluding hydrogens is 576 g/mol. The Morgan fingerprint density at radius 3 is 2.71 bits per heavy atom. The van der Waals surface area contributed by atoms with Crippen LogP contribution in [0.15, 0.2) is 66.1 Å². The standard InChI is InChI=1S/C29H34N6O5S2/c1-29(2)25(26(38)33-20-12-13-40-22-11-7-6-10-19(20)22)35(17-42-29)27(39)24(37)21(14-18-8-4-3-5-9-18)32-23(36)15-41-28-30-16-31-34-28/h3-11,16,20-21,24-25,37H,12-15,17H2,1-2H3,(H,32,36)(H,33,38)(H,30,31,34)/t20-,21-,24-,25+/m0/s1. The monoisotopic (exact) mass is 610 g/mol. The van der Waals surface area contributed by atoms with E-state index < -0.39 is 28.8 Å². The molecule has 4 atom stereocenters. The number of aliphatic hydroxyl groups is 1. The number of aromatic amines is 1. The van der Waals surface area contributed by atoms with Crippen molar-refractivity contribution >= 4 is 41.2 Å². The molecule has 1 saturated heterocycles. The Morgan fingerprint density at radius 1 is 1.19 bits per heavy atom. The summed E-state index contributed by atoms with van der Waals surface area (Å²) < 4.78 is 5.14. The normalized spacial score (nSPS) is 20.6. The molecule has 3 heterocycles. The quantitative estimate of drug-likeness (QED) is 0.254. The number of amides is 3. The molecular formula is C29H34N6O5S2. The van der Waals surface area contributed by atoms with Crippen molar-refractivity contribution in [1.82, 2.24) is 30.7 Å². The fourth-order valence-electron chi connectivity index (χ4n) is 5.25. The summed E-state index contributed by atoms with van der Waals surface area (Å²) in [5.74, 6) is -0.278. The first-order valence-electron chi connectivity index (χ1n) is 13.7. The smallest absolute Gasteiger partial charge is 0.254 e. The van der Waals surface area contributed by atoms with Crippen LogP contribution in [0.3, 0.4) is 0 Å². The number of thioether (sulfide) groups is 2. The number of fused-ring (bicyclic) bond motifs is 1. The van der Waals surface area contributed by atoms with E-state index in [9.17, 15) is 19.5 Å². The first kappa shape index (κ1) is 29.9. The highest BCUT2D eigenvalue weighted by Crippen LogP contribution is 2.41. The van der Waals surface area contributed by atoms with Gasteiger partial charge in [-0.3, -0.25) is 19.5 Å². The molecule has 13 heteroatoms. The van der Waals surface area contributed by atoms with Crippen LogP contribution >= 0.6 is 23.5 Å². The number of para-hydroxylation sites is 1. The summed E-state index contributed by atoms with van der Waals surface area (Å²) in [5, 5.41) is 24.3. The molecule has 3 aromatic rings. The van der Waals surface area contributed by atoms with Gasteiger partial charge in [-0.15, -0.1) is 11.8 Å². The summed E-state index contributed by atoms with van der Waals surface area (Å²) in [6, 6.07) is 14.9. The number of ether oxygens (including phenoxy) is 1. The van der Waals surface area contributed by atoms with Gasteiger partial charge in [0.15, 0.2) is 11.3 Å². The predicted molar refractivity (Wildman–Crippen MR) is 160 cm³/mol. The maximum atomic E-state index is 13.9. The minimum Gasteiger partial charge on any atom is -0.493 e. The molecule has 0 unspecified atom stereocenters. The van der Waals surface area contributed by atoms with Crippen molar-refractivity contribution in [3.05, 3.63) is 72.1 Å². The Bertz CT molecular complexity index is 1390. The van der Waals surface area contributed by atoms with Crippen LogP contribution in [0, 0.1) is 0 Å². The lowest BCUT2D eigenvalue weighted by Crippen LogP contribution is -2.59. The lowest BCUT2D eigenvalue weighted by atomic mass is 9.95. The van der Waals surface area contributed by atoms with Crippen LogP contribution < -0.4 is 15.4 Å². The number of H-pyrrole nitrogens is 1. The molecule has 4 N–H and O–H groups in total. The van der Waals surface area contributed by atoms with Gasteiger partial charge >= 0.3 is 0 Å². The molecule has 0 aliphatic carbocycles. The van der Waals surface area contributed by atoms with Crippen LogP contribution in [-0.4, -0.2) is 84.1 Å². The summed E-state index contributed by atoms with van der Waals surface area (Å²) >= 11 is 2.64. The van der Waals surface area contributed by atoms with Crippen LogP contribution in [0.1, 0.15) is 37.4 Å². The third-order valence-corrected chi connectivity index (χ3v) is 9.62. The Kier molecular flexibility index (Phi) is 9.39. The summed E-state index contributed by atoms with van der Waals surface area (Å²) in [7, 11) is 0. The van der Waals surface area contributed by atoms with E-state index in [-0.39, 0.29) is 35.9 Å². The number of nitrogens with zero attached hydrogens (tertiary/aromatic N) is 3. The lowest BCUT2D eigenvalue weighted by molar-refractivity contribution is -0.148. The SMILES string of the molecule is CC1(C)SCN(C(=O)[C@@H](O)[C@H](Cc2ccccc2)NC(=O)CSc2ncn[nH]2)[C@@H]1C(=O)N[C@H]1CCOc2ccccc21. The number of benzene rings is 2. The van der Waals surface area contributed by atoms with E-state index in [0.717, 1.165) is 28.6 Å². The van der Waals surface area contributed by atoms with E-state index >= 15 is 0 Å². The Balaban J connectivity index is 1.32. The van der Waals surface area contributed by atoms with E-state index in [1.807, 2.05) is 68.4 Å². The Labute approximate surface area is 252 Å². The van der Waals surface area contributed by atoms with Gasteiger partial charge in [0.1, 0.15) is 18.1 Å². The van der Waals surface area contributed by atoms with Gasteiger partial charge in [0.2, 0.25) is 11.8 Å². The Hall–Kier alpha value is -3.55. The minimum atomic E-state index is -1.57. The molecule has 3 amide bonds. The number of hydrogen-bond acceptors (Lipinski definition) is 9. The van der Waals surface area contributed by atoms with Gasteiger partial charge in [-0.1, -0.05) is 60.3 Å². The highest BCUT2D eigenvalue weighted by Gasteiger charge is 2.50. The maximum Gasteiger partial charge on any atom is 0.254 e. The Morgan fingerprint density at radius 2 is 1.95 bits per heavy atom. The van der Waals surface area contributed by atoms with E-state index in [0.29, 0.717) is 18.2 Å². The van der Waals surface area contributed by atoms with Gasteiger partial charge in [0, 0.05) is 16.7 Å². The second-order valence-corrected chi connectivity index (χ2v) is 13.3. The number of rotatable bonds is 10. The topological polar surface area (TPSA) is 150 Å². The zero-order valence-corrected chi connectivity index (χ0v) is 25.0. The molecule has 2 aliphatic rings. The highest BCUT2D eigenvalue weighted by atomic mass is 32.2. The van der Waals surface area contributed by atoms with Crippen LogP contribution in [0.2, 0.25) is 0 Å². The number of hydrogen-bond donors (Lipinski definition) is 4. The van der Waals surface area contributed by atoms with Crippen molar-refractivity contribution in [3.8, 4) is 5.75 Å². The fraction of sp³-hybridized carbons (Fsp3) is 0.414. The van der Waals surface area contributed by atoms with Crippen LogP contribution in [-0.2, 0) is 20.8 Å². The number of carbonyl (C=O) groups excluding carboxylic acids is 3. The maximum absolute atomic E-state index is 13.9. The third kappa shape index (κ3) is 6.90. The highest BCUT2D eigenvalue weighted by molar-refractivity contribution is 8.01. The number of aliphatic hydroxyl groups excluding tert-OH is 1. The first-order chi connectivity index (χ1) is 20.2. The zero-order chi connectivity index (χ0) is 29.7. The average molecular weight is 611 g/mol.